The molecule has 134 valence electrons. The molecule has 0 fully saturated rings. The van der Waals surface area contributed by atoms with E-state index < -0.39 is 5.92 Å². The molecule has 1 unspecified atom stereocenters. The molecule has 2 aromatic rings. The highest BCUT2D eigenvalue weighted by Gasteiger charge is 2.40. The number of aromatic nitrogens is 2. The second-order valence-electron chi connectivity index (χ2n) is 6.44. The number of nitrogens with zero attached hydrogens (tertiary/aromatic N) is 4. The highest BCUT2D eigenvalue weighted by molar-refractivity contribution is 9.10. The second kappa shape index (κ2) is 6.97. The van der Waals surface area contributed by atoms with Crippen molar-refractivity contribution < 1.29 is 4.79 Å². The Labute approximate surface area is 165 Å². The number of rotatable bonds is 2. The lowest BCUT2D eigenvalue weighted by Gasteiger charge is -2.38. The second-order valence-corrected chi connectivity index (χ2v) is 7.35. The third-order valence-electron chi connectivity index (χ3n) is 4.87. The lowest BCUT2D eigenvalue weighted by atomic mass is 9.76. The highest BCUT2D eigenvalue weighted by Crippen LogP contribution is 2.45. The van der Waals surface area contributed by atoms with Gasteiger partial charge in [-0.25, -0.2) is 4.98 Å². The molecule has 2 N–H and O–H groups in total. The molecule has 4 rings (SSSR count). The Kier molecular flexibility index (Phi) is 4.50. The SMILES string of the molecule is N#CC1=C(N)N(c2ccc(Br)cn2)C2=C(C(=O)CCC2)C1c1cccnc1. The number of anilines is 1. The fraction of sp³-hybridized carbons (Fsp3) is 0.200. The third kappa shape index (κ3) is 2.92. The average molecular weight is 422 g/mol. The van der Waals surface area contributed by atoms with Crippen LogP contribution in [0.1, 0.15) is 30.7 Å². The van der Waals surface area contributed by atoms with E-state index >= 15 is 0 Å². The molecule has 0 amide bonds. The smallest absolute Gasteiger partial charge is 0.161 e. The van der Waals surface area contributed by atoms with Gasteiger partial charge in [0.15, 0.2) is 5.78 Å². The van der Waals surface area contributed by atoms with Gasteiger partial charge in [0, 0.05) is 40.8 Å². The first-order valence-corrected chi connectivity index (χ1v) is 9.38. The van der Waals surface area contributed by atoms with Crippen LogP contribution >= 0.6 is 15.9 Å². The summed E-state index contributed by atoms with van der Waals surface area (Å²) in [5, 5.41) is 9.88. The number of ketones is 1. The molecule has 0 spiro atoms. The number of nitrogens with two attached hydrogens (primary N) is 1. The van der Waals surface area contributed by atoms with Crippen molar-refractivity contribution in [2.75, 3.05) is 4.90 Å². The molecule has 7 heteroatoms. The molecule has 1 aliphatic heterocycles. The Morgan fingerprint density at radius 3 is 2.78 bits per heavy atom. The van der Waals surface area contributed by atoms with Crippen molar-refractivity contribution in [1.29, 1.82) is 5.26 Å². The summed E-state index contributed by atoms with van der Waals surface area (Å²) in [6.45, 7) is 0. The number of allylic oxidation sites excluding steroid dienone is 3. The van der Waals surface area contributed by atoms with Crippen molar-refractivity contribution in [2.45, 2.75) is 25.2 Å². The Morgan fingerprint density at radius 2 is 2.11 bits per heavy atom. The van der Waals surface area contributed by atoms with Gasteiger partial charge in [-0.2, -0.15) is 5.26 Å². The quantitative estimate of drug-likeness (QED) is 0.796. The number of halogens is 1. The minimum absolute atomic E-state index is 0.0486. The maximum Gasteiger partial charge on any atom is 0.161 e. The number of nitriles is 1. The van der Waals surface area contributed by atoms with Crippen LogP contribution in [0.5, 0.6) is 0 Å². The number of carbonyl (C=O) groups is 1. The number of hydrogen-bond donors (Lipinski definition) is 1. The Hall–Kier alpha value is -2.98. The minimum Gasteiger partial charge on any atom is -0.384 e. The van der Waals surface area contributed by atoms with E-state index in [0.717, 1.165) is 22.2 Å². The summed E-state index contributed by atoms with van der Waals surface area (Å²) in [6.07, 6.45) is 6.95. The molecule has 0 saturated heterocycles. The van der Waals surface area contributed by atoms with E-state index in [9.17, 15) is 10.1 Å². The topological polar surface area (TPSA) is 95.9 Å². The van der Waals surface area contributed by atoms with Crippen LogP contribution in [0.2, 0.25) is 0 Å². The molecule has 0 saturated carbocycles. The molecule has 2 aliphatic rings. The zero-order chi connectivity index (χ0) is 19.0. The van der Waals surface area contributed by atoms with Gasteiger partial charge in [-0.05, 0) is 52.5 Å². The number of carbonyl (C=O) groups excluding carboxylic acids is 1. The monoisotopic (exact) mass is 421 g/mol. The first-order chi connectivity index (χ1) is 13.1. The van der Waals surface area contributed by atoms with Gasteiger partial charge in [0.05, 0.1) is 17.6 Å². The van der Waals surface area contributed by atoms with Gasteiger partial charge in [0.2, 0.25) is 0 Å². The summed E-state index contributed by atoms with van der Waals surface area (Å²) in [4.78, 5) is 23.3. The van der Waals surface area contributed by atoms with Crippen molar-refractivity contribution in [3.8, 4) is 6.07 Å². The summed E-state index contributed by atoms with van der Waals surface area (Å²) in [5.41, 5.74) is 9.05. The van der Waals surface area contributed by atoms with E-state index in [0.29, 0.717) is 35.6 Å². The third-order valence-corrected chi connectivity index (χ3v) is 5.34. The summed E-state index contributed by atoms with van der Waals surface area (Å²) in [5.74, 6) is 0.468. The average Bonchev–Trinajstić information content (AvgIpc) is 2.69. The maximum atomic E-state index is 12.9. The predicted octanol–water partition coefficient (Wildman–Crippen LogP) is 3.54. The molecular formula is C20H16BrN5O. The zero-order valence-corrected chi connectivity index (χ0v) is 16.0. The summed E-state index contributed by atoms with van der Waals surface area (Å²) < 4.78 is 0.841. The van der Waals surface area contributed by atoms with Gasteiger partial charge < -0.3 is 5.73 Å². The van der Waals surface area contributed by atoms with E-state index in [2.05, 4.69) is 32.0 Å². The Morgan fingerprint density at radius 1 is 1.26 bits per heavy atom. The normalized spacial score (nSPS) is 19.8. The van der Waals surface area contributed by atoms with Gasteiger partial charge in [-0.1, -0.05) is 6.07 Å². The van der Waals surface area contributed by atoms with E-state index in [-0.39, 0.29) is 5.78 Å². The van der Waals surface area contributed by atoms with E-state index in [1.54, 1.807) is 29.6 Å². The maximum absolute atomic E-state index is 12.9. The standard InChI is InChI=1S/C20H16BrN5O/c21-13-6-7-17(25-11-13)26-15-4-1-5-16(27)19(15)18(14(9-22)20(26)23)12-3-2-8-24-10-12/h2-3,6-8,10-11,18H,1,4-5,23H2. The molecule has 3 heterocycles. The van der Waals surface area contributed by atoms with Gasteiger partial charge >= 0.3 is 0 Å². The molecule has 27 heavy (non-hydrogen) atoms. The van der Waals surface area contributed by atoms with Gasteiger partial charge in [-0.15, -0.1) is 0 Å². The fourth-order valence-corrected chi connectivity index (χ4v) is 3.96. The molecule has 0 bridgehead atoms. The predicted molar refractivity (Wildman–Crippen MR) is 104 cm³/mol. The van der Waals surface area contributed by atoms with Crippen LogP contribution in [0.4, 0.5) is 5.82 Å². The van der Waals surface area contributed by atoms with Gasteiger partial charge in [-0.3, -0.25) is 14.7 Å². The van der Waals surface area contributed by atoms with Crippen LogP contribution in [0.3, 0.4) is 0 Å². The van der Waals surface area contributed by atoms with Gasteiger partial charge in [0.1, 0.15) is 11.6 Å². The fourth-order valence-electron chi connectivity index (χ4n) is 3.73. The summed E-state index contributed by atoms with van der Waals surface area (Å²) >= 11 is 3.38. The first-order valence-electron chi connectivity index (χ1n) is 8.59. The lowest BCUT2D eigenvalue weighted by Crippen LogP contribution is -2.39. The molecule has 6 nitrogen and oxygen atoms in total. The number of hydrogen-bond acceptors (Lipinski definition) is 6. The first kappa shape index (κ1) is 17.4. The van der Waals surface area contributed by atoms with E-state index in [1.165, 1.54) is 0 Å². The van der Waals surface area contributed by atoms with Crippen LogP contribution in [0.25, 0.3) is 0 Å². The van der Waals surface area contributed by atoms with Crippen molar-refractivity contribution in [3.63, 3.8) is 0 Å². The molecular weight excluding hydrogens is 406 g/mol. The summed E-state index contributed by atoms with van der Waals surface area (Å²) in [7, 11) is 0. The molecule has 1 aliphatic carbocycles. The molecule has 1 atom stereocenters. The summed E-state index contributed by atoms with van der Waals surface area (Å²) in [6, 6.07) is 9.59. The van der Waals surface area contributed by atoms with Crippen LogP contribution in [-0.2, 0) is 4.79 Å². The Bertz CT molecular complexity index is 1000. The van der Waals surface area contributed by atoms with Crippen molar-refractivity contribution in [2.24, 2.45) is 5.73 Å². The molecule has 2 aromatic heterocycles. The minimum atomic E-state index is -0.488. The zero-order valence-electron chi connectivity index (χ0n) is 14.4. The lowest BCUT2D eigenvalue weighted by molar-refractivity contribution is -0.116. The van der Waals surface area contributed by atoms with Crippen LogP contribution in [0.15, 0.2) is 70.0 Å². The highest BCUT2D eigenvalue weighted by atomic mass is 79.9. The van der Waals surface area contributed by atoms with E-state index in [4.69, 9.17) is 5.73 Å². The van der Waals surface area contributed by atoms with Crippen molar-refractivity contribution in [3.05, 3.63) is 75.6 Å². The van der Waals surface area contributed by atoms with E-state index in [1.807, 2.05) is 18.2 Å². The molecule has 0 aromatic carbocycles. The van der Waals surface area contributed by atoms with Crippen molar-refractivity contribution >= 4 is 27.5 Å². The molecule has 0 radical (unpaired) electrons. The Balaban J connectivity index is 1.96. The van der Waals surface area contributed by atoms with Crippen LogP contribution < -0.4 is 10.6 Å². The largest absolute Gasteiger partial charge is 0.384 e. The van der Waals surface area contributed by atoms with Crippen LogP contribution in [-0.4, -0.2) is 15.8 Å². The number of pyridine rings is 2. The van der Waals surface area contributed by atoms with Crippen LogP contribution in [0, 0.1) is 11.3 Å². The van der Waals surface area contributed by atoms with Crippen molar-refractivity contribution in [1.82, 2.24) is 9.97 Å². The number of Topliss-reactive ketones (excluding diaryl/α,β-unsaturated/α-hetero) is 1. The van der Waals surface area contributed by atoms with Gasteiger partial charge in [0.25, 0.3) is 0 Å².